The van der Waals surface area contributed by atoms with Gasteiger partial charge in [-0.1, -0.05) is 86.1 Å². The Labute approximate surface area is 249 Å². The second-order valence-electron chi connectivity index (χ2n) is 11.6. The Morgan fingerprint density at radius 3 is 2.02 bits per heavy atom. The van der Waals surface area contributed by atoms with E-state index in [1.165, 1.54) is 4.90 Å². The maximum Gasteiger partial charge on any atom is 0.244 e. The van der Waals surface area contributed by atoms with Crippen LogP contribution in [0.25, 0.3) is 0 Å². The van der Waals surface area contributed by atoms with E-state index in [0.717, 1.165) is 27.3 Å². The van der Waals surface area contributed by atoms with Crippen molar-refractivity contribution in [3.8, 4) is 0 Å². The zero-order valence-electron chi connectivity index (χ0n) is 24.6. The molecule has 7 nitrogen and oxygen atoms in total. The molecule has 3 rings (SSSR count). The van der Waals surface area contributed by atoms with Crippen molar-refractivity contribution in [2.24, 2.45) is 0 Å². The zero-order valence-corrected chi connectivity index (χ0v) is 26.2. The molecule has 0 unspecified atom stereocenters. The number of amides is 2. The van der Waals surface area contributed by atoms with Gasteiger partial charge >= 0.3 is 0 Å². The molecular formula is C32H40ClN3O4S. The van der Waals surface area contributed by atoms with Crippen LogP contribution in [0.15, 0.2) is 78.9 Å². The lowest BCUT2D eigenvalue weighted by Gasteiger charge is -2.35. The maximum absolute atomic E-state index is 14.2. The van der Waals surface area contributed by atoms with Crippen LogP contribution in [0.2, 0.25) is 5.02 Å². The smallest absolute Gasteiger partial charge is 0.244 e. The second-order valence-corrected chi connectivity index (χ2v) is 13.9. The lowest BCUT2D eigenvalue weighted by Crippen LogP contribution is -2.56. The van der Waals surface area contributed by atoms with Crippen LogP contribution in [-0.2, 0) is 32.6 Å². The van der Waals surface area contributed by atoms with Gasteiger partial charge in [0.1, 0.15) is 12.6 Å². The predicted octanol–water partition coefficient (Wildman–Crippen LogP) is 5.78. The monoisotopic (exact) mass is 597 g/mol. The number of anilines is 1. The summed E-state index contributed by atoms with van der Waals surface area (Å²) in [5.41, 5.74) is 2.35. The molecule has 3 aromatic carbocycles. The summed E-state index contributed by atoms with van der Waals surface area (Å²) >= 11 is 6.11. The normalized spacial score (nSPS) is 12.6. The lowest BCUT2D eigenvalue weighted by atomic mass is 10.00. The van der Waals surface area contributed by atoms with Crippen molar-refractivity contribution in [1.29, 1.82) is 0 Å². The minimum atomic E-state index is -3.85. The van der Waals surface area contributed by atoms with Gasteiger partial charge in [-0.25, -0.2) is 8.42 Å². The lowest BCUT2D eigenvalue weighted by molar-refractivity contribution is -0.140. The van der Waals surface area contributed by atoms with Gasteiger partial charge in [-0.15, -0.1) is 0 Å². The summed E-state index contributed by atoms with van der Waals surface area (Å²) in [6, 6.07) is 22.8. The third kappa shape index (κ3) is 9.33. The van der Waals surface area contributed by atoms with Crippen LogP contribution in [0.3, 0.4) is 0 Å². The molecule has 0 aliphatic heterocycles. The minimum absolute atomic E-state index is 0.0270. The van der Waals surface area contributed by atoms with E-state index in [0.29, 0.717) is 10.7 Å². The summed E-state index contributed by atoms with van der Waals surface area (Å²) in [6.07, 6.45) is 1.35. The summed E-state index contributed by atoms with van der Waals surface area (Å²) < 4.78 is 27.3. The fraction of sp³-hybridized carbons (Fsp3) is 0.375. The van der Waals surface area contributed by atoms with E-state index in [9.17, 15) is 18.0 Å². The van der Waals surface area contributed by atoms with Crippen molar-refractivity contribution in [2.75, 3.05) is 17.1 Å². The van der Waals surface area contributed by atoms with Gasteiger partial charge in [0.05, 0.1) is 11.9 Å². The first-order valence-electron chi connectivity index (χ1n) is 13.6. The van der Waals surface area contributed by atoms with Crippen molar-refractivity contribution in [3.05, 3.63) is 101 Å². The molecule has 0 fully saturated rings. The molecule has 220 valence electrons. The molecule has 0 spiro atoms. The summed E-state index contributed by atoms with van der Waals surface area (Å²) in [5.74, 6) is -0.787. The third-order valence-corrected chi connectivity index (χ3v) is 7.92. The van der Waals surface area contributed by atoms with Crippen LogP contribution in [0.1, 0.15) is 57.2 Å². The largest absolute Gasteiger partial charge is 0.350 e. The molecule has 0 aliphatic rings. The molecule has 0 saturated carbocycles. The highest BCUT2D eigenvalue weighted by atomic mass is 35.5. The molecule has 0 saturated heterocycles. The first kappa shape index (κ1) is 32.2. The van der Waals surface area contributed by atoms with Gasteiger partial charge in [0.15, 0.2) is 0 Å². The van der Waals surface area contributed by atoms with Crippen LogP contribution in [0.5, 0.6) is 0 Å². The van der Waals surface area contributed by atoms with E-state index in [1.54, 1.807) is 36.4 Å². The van der Waals surface area contributed by atoms with Crippen LogP contribution < -0.4 is 9.62 Å². The Morgan fingerprint density at radius 2 is 1.46 bits per heavy atom. The maximum atomic E-state index is 14.2. The molecule has 9 heteroatoms. The number of benzene rings is 3. The van der Waals surface area contributed by atoms with Gasteiger partial charge in [-0.2, -0.15) is 0 Å². The summed E-state index contributed by atoms with van der Waals surface area (Å²) in [5, 5.41) is 3.57. The summed E-state index contributed by atoms with van der Waals surface area (Å²) in [4.78, 5) is 29.5. The van der Waals surface area contributed by atoms with Gasteiger partial charge in [0.2, 0.25) is 21.8 Å². The number of halogens is 1. The van der Waals surface area contributed by atoms with Crippen molar-refractivity contribution in [1.82, 2.24) is 10.2 Å². The minimum Gasteiger partial charge on any atom is -0.350 e. The third-order valence-electron chi connectivity index (χ3n) is 6.54. The molecule has 0 aromatic heterocycles. The Morgan fingerprint density at radius 1 is 0.878 bits per heavy atom. The van der Waals surface area contributed by atoms with E-state index in [-0.39, 0.29) is 24.8 Å². The van der Waals surface area contributed by atoms with Gasteiger partial charge in [0, 0.05) is 23.5 Å². The van der Waals surface area contributed by atoms with E-state index in [4.69, 9.17) is 11.6 Å². The van der Waals surface area contributed by atoms with Gasteiger partial charge in [-0.3, -0.25) is 13.9 Å². The van der Waals surface area contributed by atoms with Crippen molar-refractivity contribution in [2.45, 2.75) is 65.1 Å². The molecule has 1 atom stereocenters. The first-order chi connectivity index (χ1) is 19.2. The number of sulfonamides is 1. The number of hydrogen-bond donors (Lipinski definition) is 1. The van der Waals surface area contributed by atoms with Crippen LogP contribution >= 0.6 is 11.6 Å². The quantitative estimate of drug-likeness (QED) is 0.303. The molecule has 3 aromatic rings. The van der Waals surface area contributed by atoms with Crippen molar-refractivity contribution >= 4 is 39.1 Å². The van der Waals surface area contributed by atoms with Crippen LogP contribution in [0, 0.1) is 0 Å². The number of carbonyl (C=O) groups is 2. The predicted molar refractivity (Wildman–Crippen MR) is 167 cm³/mol. The molecule has 0 bridgehead atoms. The van der Waals surface area contributed by atoms with Crippen molar-refractivity contribution in [3.63, 3.8) is 0 Å². The zero-order chi connectivity index (χ0) is 30.4. The fourth-order valence-electron chi connectivity index (χ4n) is 4.59. The molecule has 0 aliphatic carbocycles. The van der Waals surface area contributed by atoms with E-state index in [1.807, 2.05) is 77.1 Å². The van der Waals surface area contributed by atoms with E-state index < -0.39 is 34.1 Å². The fourth-order valence-corrected chi connectivity index (χ4v) is 5.59. The highest BCUT2D eigenvalue weighted by Crippen LogP contribution is 2.29. The molecule has 1 N–H and O–H groups in total. The number of nitrogens with one attached hydrogen (secondary N) is 1. The number of nitrogens with zero attached hydrogens (tertiary/aromatic N) is 2. The first-order valence-corrected chi connectivity index (χ1v) is 15.8. The van der Waals surface area contributed by atoms with Crippen LogP contribution in [0.4, 0.5) is 5.69 Å². The number of hydrogen-bond acceptors (Lipinski definition) is 4. The van der Waals surface area contributed by atoms with Crippen LogP contribution in [-0.4, -0.2) is 49.5 Å². The van der Waals surface area contributed by atoms with Gasteiger partial charge in [-0.05, 0) is 61.6 Å². The topological polar surface area (TPSA) is 86.8 Å². The Bertz CT molecular complexity index is 1440. The van der Waals surface area contributed by atoms with Gasteiger partial charge < -0.3 is 10.2 Å². The number of para-hydroxylation sites is 1. The molecule has 0 radical (unpaired) electrons. The Balaban J connectivity index is 2.11. The second kappa shape index (κ2) is 13.5. The summed E-state index contributed by atoms with van der Waals surface area (Å²) in [6.45, 7) is 9.22. The molecule has 41 heavy (non-hydrogen) atoms. The average Bonchev–Trinajstić information content (AvgIpc) is 2.89. The Kier molecular flexibility index (Phi) is 10.6. The van der Waals surface area contributed by atoms with Crippen molar-refractivity contribution < 1.29 is 18.0 Å². The molecular weight excluding hydrogens is 558 g/mol. The standard InChI is InChI=1S/C32H40ClN3O4S/c1-23(2)27-14-10-11-15-28(27)36(41(6,39)40)22-30(37)35(21-25-16-18-26(33)19-17-25)29(31(38)34-32(3,4)5)20-24-12-8-7-9-13-24/h7-19,23,29H,20-22H2,1-6H3,(H,34,38)/t29-/m1/s1. The average molecular weight is 598 g/mol. The SMILES string of the molecule is CC(C)c1ccccc1N(CC(=O)N(Cc1ccc(Cl)cc1)[C@H](Cc1ccccc1)C(=O)NC(C)(C)C)S(C)(=O)=O. The molecule has 2 amide bonds. The molecule has 0 heterocycles. The number of rotatable bonds is 11. The van der Waals surface area contributed by atoms with E-state index in [2.05, 4.69) is 5.32 Å². The van der Waals surface area contributed by atoms with Gasteiger partial charge in [0.25, 0.3) is 0 Å². The van der Waals surface area contributed by atoms with E-state index >= 15 is 0 Å². The highest BCUT2D eigenvalue weighted by Gasteiger charge is 2.34. The highest BCUT2D eigenvalue weighted by molar-refractivity contribution is 7.92. The Hall–Kier alpha value is -3.36. The number of carbonyl (C=O) groups excluding carboxylic acids is 2. The summed E-state index contributed by atoms with van der Waals surface area (Å²) in [7, 11) is -3.85.